The van der Waals surface area contributed by atoms with Gasteiger partial charge >= 0.3 is 0 Å². The van der Waals surface area contributed by atoms with Crippen molar-refractivity contribution in [3.8, 4) is 0 Å². The molecule has 19 heavy (non-hydrogen) atoms. The van der Waals surface area contributed by atoms with E-state index in [4.69, 9.17) is 9.47 Å². The van der Waals surface area contributed by atoms with E-state index in [1.165, 1.54) is 0 Å². The van der Waals surface area contributed by atoms with Crippen LogP contribution in [0.3, 0.4) is 0 Å². The van der Waals surface area contributed by atoms with Crippen LogP contribution in [0.4, 0.5) is 0 Å². The van der Waals surface area contributed by atoms with Crippen molar-refractivity contribution in [2.75, 3.05) is 13.2 Å². The largest absolute Gasteiger partial charge is 0.349 e. The van der Waals surface area contributed by atoms with Gasteiger partial charge in [-0.05, 0) is 39.3 Å². The van der Waals surface area contributed by atoms with Crippen LogP contribution in [0.2, 0.25) is 0 Å². The highest BCUT2D eigenvalue weighted by Crippen LogP contribution is 2.21. The zero-order valence-corrected chi connectivity index (χ0v) is 11.9. The quantitative estimate of drug-likeness (QED) is 0.909. The molecule has 0 aromatic heterocycles. The maximum Gasteiger partial charge on any atom is 0.251 e. The molecule has 1 N–H and O–H groups in total. The molecule has 0 aliphatic carbocycles. The van der Waals surface area contributed by atoms with Crippen LogP contribution in [0, 0.1) is 13.8 Å². The fraction of sp³-hybridized carbons (Fsp3) is 0.533. The molecule has 1 atom stereocenters. The lowest BCUT2D eigenvalue weighted by molar-refractivity contribution is -0.137. The van der Waals surface area contributed by atoms with Crippen LogP contribution in [-0.2, 0) is 9.47 Å². The molecule has 0 bridgehead atoms. The Morgan fingerprint density at radius 1 is 1.42 bits per heavy atom. The number of hydrogen-bond donors (Lipinski definition) is 1. The van der Waals surface area contributed by atoms with E-state index in [1.807, 2.05) is 45.9 Å². The maximum atomic E-state index is 12.1. The van der Waals surface area contributed by atoms with Crippen molar-refractivity contribution in [1.82, 2.24) is 5.32 Å². The third-order valence-electron chi connectivity index (χ3n) is 3.20. The smallest absolute Gasteiger partial charge is 0.251 e. The molecule has 1 aliphatic heterocycles. The second kappa shape index (κ2) is 5.31. The Morgan fingerprint density at radius 3 is 2.79 bits per heavy atom. The second-order valence-corrected chi connectivity index (χ2v) is 5.48. The maximum absolute atomic E-state index is 12.1. The highest BCUT2D eigenvalue weighted by Gasteiger charge is 2.32. The van der Waals surface area contributed by atoms with Crippen LogP contribution < -0.4 is 5.32 Å². The van der Waals surface area contributed by atoms with Crippen molar-refractivity contribution in [2.24, 2.45) is 0 Å². The van der Waals surface area contributed by atoms with E-state index >= 15 is 0 Å². The van der Waals surface area contributed by atoms with Crippen LogP contribution in [0.1, 0.15) is 35.3 Å². The number of benzene rings is 1. The summed E-state index contributed by atoms with van der Waals surface area (Å²) >= 11 is 0. The first-order valence-corrected chi connectivity index (χ1v) is 6.54. The van der Waals surface area contributed by atoms with Gasteiger partial charge in [0.25, 0.3) is 5.91 Å². The van der Waals surface area contributed by atoms with E-state index in [1.54, 1.807) is 0 Å². The van der Waals surface area contributed by atoms with E-state index in [0.29, 0.717) is 13.2 Å². The molecular formula is C15H21NO3. The fourth-order valence-corrected chi connectivity index (χ4v) is 2.15. The Hall–Kier alpha value is -1.39. The van der Waals surface area contributed by atoms with Crippen LogP contribution in [0.15, 0.2) is 18.2 Å². The summed E-state index contributed by atoms with van der Waals surface area (Å²) in [6.07, 6.45) is -0.0796. The second-order valence-electron chi connectivity index (χ2n) is 5.48. The third kappa shape index (κ3) is 3.55. The summed E-state index contributed by atoms with van der Waals surface area (Å²) < 4.78 is 11.1. The first-order valence-electron chi connectivity index (χ1n) is 6.54. The number of nitrogens with one attached hydrogen (secondary N) is 1. The van der Waals surface area contributed by atoms with E-state index in [9.17, 15) is 4.79 Å². The fourth-order valence-electron chi connectivity index (χ4n) is 2.15. The average Bonchev–Trinajstić information content (AvgIpc) is 2.69. The molecule has 0 spiro atoms. The van der Waals surface area contributed by atoms with Gasteiger partial charge in [0.2, 0.25) is 0 Å². The summed E-state index contributed by atoms with van der Waals surface area (Å²) in [4.78, 5) is 12.1. The lowest BCUT2D eigenvalue weighted by atomic mass is 10.1. The number of amides is 1. The number of aryl methyl sites for hydroxylation is 2. The van der Waals surface area contributed by atoms with Gasteiger partial charge in [-0.1, -0.05) is 17.7 Å². The van der Waals surface area contributed by atoms with Gasteiger partial charge in [0.15, 0.2) is 5.79 Å². The minimum atomic E-state index is -0.547. The Kier molecular flexibility index (Phi) is 3.92. The lowest BCUT2D eigenvalue weighted by Crippen LogP contribution is -2.34. The van der Waals surface area contributed by atoms with Crippen molar-refractivity contribution in [3.05, 3.63) is 34.9 Å². The molecule has 1 aromatic rings. The monoisotopic (exact) mass is 263 g/mol. The van der Waals surface area contributed by atoms with Gasteiger partial charge in [0.1, 0.15) is 6.10 Å². The van der Waals surface area contributed by atoms with Gasteiger partial charge < -0.3 is 14.8 Å². The number of carbonyl (C=O) groups excluding carboxylic acids is 1. The minimum absolute atomic E-state index is 0.0606. The van der Waals surface area contributed by atoms with Crippen molar-refractivity contribution in [2.45, 2.75) is 39.6 Å². The minimum Gasteiger partial charge on any atom is -0.349 e. The first-order chi connectivity index (χ1) is 8.87. The van der Waals surface area contributed by atoms with E-state index < -0.39 is 5.79 Å². The summed E-state index contributed by atoms with van der Waals surface area (Å²) in [7, 11) is 0. The average molecular weight is 263 g/mol. The Bertz CT molecular complexity index is 482. The standard InChI is InChI=1S/C15H21NO3/c1-10-5-6-11(2)13(7-10)14(17)16-8-12-9-18-15(3,4)19-12/h5-7,12H,8-9H2,1-4H3,(H,16,17). The molecule has 2 rings (SSSR count). The molecule has 1 fully saturated rings. The molecule has 104 valence electrons. The molecule has 4 nitrogen and oxygen atoms in total. The molecule has 1 unspecified atom stereocenters. The summed E-state index contributed by atoms with van der Waals surface area (Å²) in [6, 6.07) is 5.87. The number of rotatable bonds is 3. The Labute approximate surface area is 114 Å². The summed E-state index contributed by atoms with van der Waals surface area (Å²) in [5, 5.41) is 2.90. The van der Waals surface area contributed by atoms with E-state index in [2.05, 4.69) is 5.32 Å². The number of ether oxygens (including phenoxy) is 2. The summed E-state index contributed by atoms with van der Waals surface area (Å²) in [5.74, 6) is -0.608. The van der Waals surface area contributed by atoms with Crippen LogP contribution in [0.25, 0.3) is 0 Å². The molecular weight excluding hydrogens is 242 g/mol. The topological polar surface area (TPSA) is 47.6 Å². The van der Waals surface area contributed by atoms with Crippen LogP contribution in [-0.4, -0.2) is 30.9 Å². The molecule has 1 amide bonds. The lowest BCUT2D eigenvalue weighted by Gasteiger charge is -2.17. The molecule has 1 aromatic carbocycles. The molecule has 4 heteroatoms. The number of carbonyl (C=O) groups is 1. The van der Waals surface area contributed by atoms with Gasteiger partial charge in [-0.2, -0.15) is 0 Å². The van der Waals surface area contributed by atoms with Gasteiger partial charge in [-0.3, -0.25) is 4.79 Å². The van der Waals surface area contributed by atoms with Crippen molar-refractivity contribution >= 4 is 5.91 Å². The van der Waals surface area contributed by atoms with Gasteiger partial charge in [0.05, 0.1) is 6.61 Å². The zero-order chi connectivity index (χ0) is 14.0. The predicted molar refractivity (Wildman–Crippen MR) is 73.2 cm³/mol. The highest BCUT2D eigenvalue weighted by atomic mass is 16.7. The Morgan fingerprint density at radius 2 is 2.16 bits per heavy atom. The van der Waals surface area contributed by atoms with Crippen LogP contribution in [0.5, 0.6) is 0 Å². The van der Waals surface area contributed by atoms with Crippen molar-refractivity contribution in [1.29, 1.82) is 0 Å². The normalized spacial score (nSPS) is 21.4. The first kappa shape index (κ1) is 14.0. The predicted octanol–water partition coefficient (Wildman–Crippen LogP) is 2.18. The van der Waals surface area contributed by atoms with Crippen LogP contribution >= 0.6 is 0 Å². The molecule has 0 radical (unpaired) electrons. The molecule has 1 heterocycles. The molecule has 1 aliphatic rings. The zero-order valence-electron chi connectivity index (χ0n) is 11.9. The molecule has 1 saturated heterocycles. The SMILES string of the molecule is Cc1ccc(C)c(C(=O)NCC2COC(C)(C)O2)c1. The number of hydrogen-bond acceptors (Lipinski definition) is 3. The summed E-state index contributed by atoms with van der Waals surface area (Å²) in [6.45, 7) is 8.65. The Balaban J connectivity index is 1.93. The third-order valence-corrected chi connectivity index (χ3v) is 3.20. The van der Waals surface area contributed by atoms with Crippen molar-refractivity contribution < 1.29 is 14.3 Å². The van der Waals surface area contributed by atoms with Gasteiger partial charge in [0, 0.05) is 12.1 Å². The van der Waals surface area contributed by atoms with E-state index in [-0.39, 0.29) is 12.0 Å². The van der Waals surface area contributed by atoms with Gasteiger partial charge in [-0.25, -0.2) is 0 Å². The molecule has 0 saturated carbocycles. The van der Waals surface area contributed by atoms with E-state index in [0.717, 1.165) is 16.7 Å². The highest BCUT2D eigenvalue weighted by molar-refractivity contribution is 5.95. The summed E-state index contributed by atoms with van der Waals surface area (Å²) in [5.41, 5.74) is 2.78. The van der Waals surface area contributed by atoms with Crippen molar-refractivity contribution in [3.63, 3.8) is 0 Å². The van der Waals surface area contributed by atoms with Gasteiger partial charge in [-0.15, -0.1) is 0 Å².